The van der Waals surface area contributed by atoms with E-state index in [1.54, 1.807) is 0 Å². The molecule has 90 valence electrons. The number of hydrogen-bond donors (Lipinski definition) is 1. The van der Waals surface area contributed by atoms with Crippen molar-refractivity contribution in [2.24, 2.45) is 0 Å². The van der Waals surface area contributed by atoms with Gasteiger partial charge in [0.2, 0.25) is 0 Å². The van der Waals surface area contributed by atoms with Gasteiger partial charge in [0.15, 0.2) is 0 Å². The molecule has 0 bridgehead atoms. The molecule has 2 nitrogen and oxygen atoms in total. The summed E-state index contributed by atoms with van der Waals surface area (Å²) >= 11 is 1.82. The summed E-state index contributed by atoms with van der Waals surface area (Å²) in [6, 6.07) is 0. The van der Waals surface area contributed by atoms with Gasteiger partial charge in [-0.3, -0.25) is 0 Å². The second kappa shape index (κ2) is 5.28. The molecule has 0 radical (unpaired) electrons. The van der Waals surface area contributed by atoms with Crippen LogP contribution in [0.1, 0.15) is 55.6 Å². The van der Waals surface area contributed by atoms with Crippen LogP contribution in [-0.4, -0.2) is 12.0 Å². The molecule has 1 heterocycles. The molecule has 1 aromatic heterocycles. The number of nitrogens with one attached hydrogen (secondary N) is 1. The lowest BCUT2D eigenvalue weighted by Gasteiger charge is -2.33. The van der Waals surface area contributed by atoms with E-state index in [9.17, 15) is 0 Å². The third kappa shape index (κ3) is 2.46. The van der Waals surface area contributed by atoms with Crippen molar-refractivity contribution in [2.75, 3.05) is 7.05 Å². The van der Waals surface area contributed by atoms with E-state index in [1.165, 1.54) is 50.0 Å². The highest BCUT2D eigenvalue weighted by molar-refractivity contribution is 7.09. The van der Waals surface area contributed by atoms with Gasteiger partial charge in [-0.05, 0) is 26.8 Å². The van der Waals surface area contributed by atoms with Crippen molar-refractivity contribution in [3.63, 3.8) is 0 Å². The zero-order valence-electron chi connectivity index (χ0n) is 10.4. The van der Waals surface area contributed by atoms with Crippen molar-refractivity contribution in [1.29, 1.82) is 0 Å². The third-order valence-corrected chi connectivity index (χ3v) is 4.88. The molecule has 0 saturated heterocycles. The molecule has 0 aliphatic heterocycles. The molecule has 0 aromatic carbocycles. The Balaban J connectivity index is 2.21. The molecule has 16 heavy (non-hydrogen) atoms. The van der Waals surface area contributed by atoms with Gasteiger partial charge in [0, 0.05) is 11.1 Å². The van der Waals surface area contributed by atoms with Crippen molar-refractivity contribution in [1.82, 2.24) is 10.3 Å². The maximum atomic E-state index is 4.71. The Hall–Kier alpha value is -0.410. The molecular formula is C13H22N2S. The summed E-state index contributed by atoms with van der Waals surface area (Å²) in [6.45, 7) is 2.09. The molecule has 1 N–H and O–H groups in total. The van der Waals surface area contributed by atoms with Crippen LogP contribution in [0.4, 0.5) is 0 Å². The molecule has 0 amide bonds. The molecule has 0 spiro atoms. The van der Waals surface area contributed by atoms with E-state index >= 15 is 0 Å². The minimum absolute atomic E-state index is 0.166. The second-order valence-corrected chi connectivity index (χ2v) is 5.75. The molecule has 2 rings (SSSR count). The molecule has 1 aliphatic carbocycles. The highest BCUT2D eigenvalue weighted by atomic mass is 32.1. The normalized spacial score (nSPS) is 21.4. The third-order valence-electron chi connectivity index (χ3n) is 3.71. The fourth-order valence-electron chi connectivity index (χ4n) is 2.65. The van der Waals surface area contributed by atoms with E-state index < -0.39 is 0 Å². The molecule has 1 fully saturated rings. The molecule has 0 atom stereocenters. The van der Waals surface area contributed by atoms with Crippen LogP contribution in [0, 0.1) is 6.92 Å². The van der Waals surface area contributed by atoms with Crippen molar-refractivity contribution < 1.29 is 0 Å². The minimum atomic E-state index is 0.166. The summed E-state index contributed by atoms with van der Waals surface area (Å²) in [4.78, 5) is 4.71. The van der Waals surface area contributed by atoms with Crippen LogP contribution in [0.2, 0.25) is 0 Å². The number of aryl methyl sites for hydroxylation is 1. The van der Waals surface area contributed by atoms with E-state index in [2.05, 4.69) is 24.7 Å². The van der Waals surface area contributed by atoms with Gasteiger partial charge in [0.05, 0.1) is 5.54 Å². The Labute approximate surface area is 102 Å². The van der Waals surface area contributed by atoms with Crippen LogP contribution in [0.15, 0.2) is 5.38 Å². The van der Waals surface area contributed by atoms with Gasteiger partial charge in [-0.1, -0.05) is 32.1 Å². The van der Waals surface area contributed by atoms with E-state index in [1.807, 2.05) is 11.3 Å². The lowest BCUT2D eigenvalue weighted by Crippen LogP contribution is -2.40. The molecule has 1 aliphatic rings. The highest BCUT2D eigenvalue weighted by Gasteiger charge is 2.32. The van der Waals surface area contributed by atoms with Crippen molar-refractivity contribution >= 4 is 11.3 Å². The quantitative estimate of drug-likeness (QED) is 0.851. The van der Waals surface area contributed by atoms with Crippen LogP contribution < -0.4 is 5.32 Å². The fraction of sp³-hybridized carbons (Fsp3) is 0.769. The van der Waals surface area contributed by atoms with Gasteiger partial charge in [-0.2, -0.15) is 0 Å². The number of thiazole rings is 1. The van der Waals surface area contributed by atoms with Crippen molar-refractivity contribution in [3.05, 3.63) is 16.1 Å². The first-order valence-electron chi connectivity index (χ1n) is 6.38. The maximum absolute atomic E-state index is 4.71. The Morgan fingerprint density at radius 1 is 1.19 bits per heavy atom. The molecule has 1 saturated carbocycles. The molecular weight excluding hydrogens is 216 g/mol. The largest absolute Gasteiger partial charge is 0.308 e. The zero-order chi connectivity index (χ0) is 11.4. The minimum Gasteiger partial charge on any atom is -0.308 e. The summed E-state index contributed by atoms with van der Waals surface area (Å²) < 4.78 is 0. The van der Waals surface area contributed by atoms with E-state index in [-0.39, 0.29) is 5.54 Å². The van der Waals surface area contributed by atoms with Crippen LogP contribution in [0.5, 0.6) is 0 Å². The number of rotatable bonds is 2. The van der Waals surface area contributed by atoms with Crippen LogP contribution in [-0.2, 0) is 5.54 Å². The summed E-state index contributed by atoms with van der Waals surface area (Å²) in [5.41, 5.74) is 1.33. The predicted molar refractivity (Wildman–Crippen MR) is 69.9 cm³/mol. The smallest absolute Gasteiger partial charge is 0.113 e. The van der Waals surface area contributed by atoms with Gasteiger partial charge in [-0.15, -0.1) is 11.3 Å². The summed E-state index contributed by atoms with van der Waals surface area (Å²) in [7, 11) is 2.10. The molecule has 1 aromatic rings. The SMILES string of the molecule is CNC1(c2nc(C)cs2)CCCCCCC1. The maximum Gasteiger partial charge on any atom is 0.113 e. The number of hydrogen-bond acceptors (Lipinski definition) is 3. The Morgan fingerprint density at radius 3 is 2.31 bits per heavy atom. The zero-order valence-corrected chi connectivity index (χ0v) is 11.2. The van der Waals surface area contributed by atoms with Gasteiger partial charge in [0.25, 0.3) is 0 Å². The van der Waals surface area contributed by atoms with Gasteiger partial charge in [-0.25, -0.2) is 4.98 Å². The lowest BCUT2D eigenvalue weighted by atomic mass is 9.84. The topological polar surface area (TPSA) is 24.9 Å². The van der Waals surface area contributed by atoms with Crippen LogP contribution >= 0.6 is 11.3 Å². The van der Waals surface area contributed by atoms with Gasteiger partial charge in [0.1, 0.15) is 5.01 Å². The Morgan fingerprint density at radius 2 is 1.81 bits per heavy atom. The van der Waals surface area contributed by atoms with Crippen molar-refractivity contribution in [3.8, 4) is 0 Å². The summed E-state index contributed by atoms with van der Waals surface area (Å²) in [5, 5.41) is 7.04. The fourth-order valence-corrected chi connectivity index (χ4v) is 3.72. The van der Waals surface area contributed by atoms with Crippen LogP contribution in [0.3, 0.4) is 0 Å². The summed E-state index contributed by atoms with van der Waals surface area (Å²) in [5.74, 6) is 0. The van der Waals surface area contributed by atoms with Gasteiger partial charge < -0.3 is 5.32 Å². The monoisotopic (exact) mass is 238 g/mol. The predicted octanol–water partition coefficient (Wildman–Crippen LogP) is 3.61. The molecule has 0 unspecified atom stereocenters. The van der Waals surface area contributed by atoms with Crippen molar-refractivity contribution in [2.45, 2.75) is 57.4 Å². The van der Waals surface area contributed by atoms with E-state index in [0.29, 0.717) is 0 Å². The Bertz CT molecular complexity index is 324. The first-order valence-corrected chi connectivity index (χ1v) is 7.26. The first-order chi connectivity index (χ1) is 7.77. The standard InChI is InChI=1S/C13H22N2S/c1-11-10-16-12(15-11)13(14-2)8-6-4-3-5-7-9-13/h10,14H,3-9H2,1-2H3. The number of aromatic nitrogens is 1. The highest BCUT2D eigenvalue weighted by Crippen LogP contribution is 2.36. The average molecular weight is 238 g/mol. The van der Waals surface area contributed by atoms with Gasteiger partial charge >= 0.3 is 0 Å². The second-order valence-electron chi connectivity index (χ2n) is 4.89. The van der Waals surface area contributed by atoms with Crippen LogP contribution in [0.25, 0.3) is 0 Å². The van der Waals surface area contributed by atoms with E-state index in [4.69, 9.17) is 4.98 Å². The van der Waals surface area contributed by atoms with E-state index in [0.717, 1.165) is 5.69 Å². The lowest BCUT2D eigenvalue weighted by molar-refractivity contribution is 0.269. The first kappa shape index (κ1) is 12.1. The number of nitrogens with zero attached hydrogens (tertiary/aromatic N) is 1. The molecule has 3 heteroatoms. The summed E-state index contributed by atoms with van der Waals surface area (Å²) in [6.07, 6.45) is 9.34. The Kier molecular flexibility index (Phi) is 3.98. The average Bonchev–Trinajstić information content (AvgIpc) is 2.66.